The number of hydrogen-bond donors (Lipinski definition) is 1. The smallest absolute Gasteiger partial charge is 0.337 e. The summed E-state index contributed by atoms with van der Waals surface area (Å²) in [6, 6.07) is 5.66. The molecule has 3 atom stereocenters. The van der Waals surface area contributed by atoms with Crippen LogP contribution in [0.5, 0.6) is 0 Å². The minimum Gasteiger partial charge on any atom is -0.478 e. The summed E-state index contributed by atoms with van der Waals surface area (Å²) in [5, 5.41) is 9.21. The van der Waals surface area contributed by atoms with E-state index in [1.54, 1.807) is 6.07 Å². The minimum atomic E-state index is -3.80. The Balaban J connectivity index is 2.49. The van der Waals surface area contributed by atoms with Gasteiger partial charge in [-0.1, -0.05) is 26.0 Å². The largest absolute Gasteiger partial charge is 0.478 e. The van der Waals surface area contributed by atoms with Crippen LogP contribution in [-0.4, -0.2) is 36.4 Å². The molecule has 0 saturated carbocycles. The highest BCUT2D eigenvalue weighted by Crippen LogP contribution is 2.32. The summed E-state index contributed by atoms with van der Waals surface area (Å²) in [7, 11) is -3.80. The maximum absolute atomic E-state index is 12.9. The number of rotatable bonds is 3. The van der Waals surface area contributed by atoms with Crippen LogP contribution < -0.4 is 0 Å². The Kier molecular flexibility index (Phi) is 4.39. The Hall–Kier alpha value is -1.40. The van der Waals surface area contributed by atoms with Gasteiger partial charge in [0.1, 0.15) is 0 Å². The third-order valence-electron chi connectivity index (χ3n) is 4.25. The number of sulfonamides is 1. The molecule has 0 radical (unpaired) electrons. The number of benzene rings is 1. The highest BCUT2D eigenvalue weighted by Gasteiger charge is 2.38. The maximum atomic E-state index is 12.9. The SMILES string of the molecule is CC1CC(C)C(C)N(S(=O)(=O)c2ccccc2C(=O)O)C1. The average molecular weight is 311 g/mol. The topological polar surface area (TPSA) is 74.7 Å². The Morgan fingerprint density at radius 3 is 2.48 bits per heavy atom. The first-order valence-electron chi connectivity index (χ1n) is 7.09. The molecule has 5 nitrogen and oxygen atoms in total. The molecular weight excluding hydrogens is 290 g/mol. The van der Waals surface area contributed by atoms with Crippen molar-refractivity contribution in [3.63, 3.8) is 0 Å². The zero-order valence-electron chi connectivity index (χ0n) is 12.5. The molecule has 6 heteroatoms. The molecule has 0 spiro atoms. The van der Waals surface area contributed by atoms with Crippen LogP contribution in [0.15, 0.2) is 29.2 Å². The van der Waals surface area contributed by atoms with Crippen LogP contribution in [0.2, 0.25) is 0 Å². The Morgan fingerprint density at radius 2 is 1.86 bits per heavy atom. The molecule has 1 N–H and O–H groups in total. The van der Waals surface area contributed by atoms with Crippen molar-refractivity contribution in [2.45, 2.75) is 38.1 Å². The van der Waals surface area contributed by atoms with E-state index in [2.05, 4.69) is 0 Å². The summed E-state index contributed by atoms with van der Waals surface area (Å²) in [6.07, 6.45) is 0.980. The molecule has 116 valence electrons. The molecular formula is C15H21NO4S. The van der Waals surface area contributed by atoms with E-state index in [4.69, 9.17) is 0 Å². The molecule has 1 aliphatic heterocycles. The van der Waals surface area contributed by atoms with Gasteiger partial charge in [0.15, 0.2) is 0 Å². The molecule has 1 aromatic rings. The lowest BCUT2D eigenvalue weighted by Gasteiger charge is -2.40. The van der Waals surface area contributed by atoms with Gasteiger partial charge < -0.3 is 5.11 Å². The number of carboxylic acids is 1. The second kappa shape index (κ2) is 5.77. The van der Waals surface area contributed by atoms with Crippen LogP contribution in [0, 0.1) is 11.8 Å². The lowest BCUT2D eigenvalue weighted by molar-refractivity contribution is 0.0692. The average Bonchev–Trinajstić information content (AvgIpc) is 2.42. The number of aromatic carboxylic acids is 1. The van der Waals surface area contributed by atoms with E-state index in [-0.39, 0.29) is 28.3 Å². The zero-order valence-corrected chi connectivity index (χ0v) is 13.3. The van der Waals surface area contributed by atoms with E-state index in [9.17, 15) is 18.3 Å². The zero-order chi connectivity index (χ0) is 15.8. The van der Waals surface area contributed by atoms with Crippen LogP contribution >= 0.6 is 0 Å². The Labute approximate surface area is 125 Å². The first kappa shape index (κ1) is 16.0. The fraction of sp³-hybridized carbons (Fsp3) is 0.533. The quantitative estimate of drug-likeness (QED) is 0.930. The van der Waals surface area contributed by atoms with E-state index in [1.807, 2.05) is 20.8 Å². The number of piperidine rings is 1. The van der Waals surface area contributed by atoms with Crippen LogP contribution in [0.4, 0.5) is 0 Å². The molecule has 2 rings (SSSR count). The van der Waals surface area contributed by atoms with E-state index < -0.39 is 16.0 Å². The second-order valence-electron chi connectivity index (χ2n) is 5.93. The normalized spacial score (nSPS) is 27.5. The minimum absolute atomic E-state index is 0.120. The number of hydrogen-bond acceptors (Lipinski definition) is 3. The van der Waals surface area contributed by atoms with E-state index >= 15 is 0 Å². The van der Waals surface area contributed by atoms with Crippen molar-refractivity contribution in [2.24, 2.45) is 11.8 Å². The monoisotopic (exact) mass is 311 g/mol. The predicted molar refractivity (Wildman–Crippen MR) is 79.7 cm³/mol. The fourth-order valence-corrected chi connectivity index (χ4v) is 5.01. The summed E-state index contributed by atoms with van der Waals surface area (Å²) in [6.45, 7) is 6.37. The molecule has 1 aromatic carbocycles. The van der Waals surface area contributed by atoms with Crippen LogP contribution in [-0.2, 0) is 10.0 Å². The lowest BCUT2D eigenvalue weighted by Crippen LogP contribution is -2.48. The van der Waals surface area contributed by atoms with Crippen molar-refractivity contribution in [1.29, 1.82) is 0 Å². The highest BCUT2D eigenvalue weighted by molar-refractivity contribution is 7.89. The van der Waals surface area contributed by atoms with Gasteiger partial charge >= 0.3 is 5.97 Å². The van der Waals surface area contributed by atoms with Gasteiger partial charge in [-0.15, -0.1) is 0 Å². The Morgan fingerprint density at radius 1 is 1.24 bits per heavy atom. The molecule has 1 aliphatic rings. The van der Waals surface area contributed by atoms with Gasteiger partial charge in [-0.2, -0.15) is 4.31 Å². The van der Waals surface area contributed by atoms with E-state index in [0.29, 0.717) is 6.54 Å². The number of carboxylic acid groups (broad SMARTS) is 1. The molecule has 21 heavy (non-hydrogen) atoms. The molecule has 0 amide bonds. The summed E-state index contributed by atoms with van der Waals surface area (Å²) >= 11 is 0. The van der Waals surface area contributed by atoms with E-state index in [1.165, 1.54) is 22.5 Å². The van der Waals surface area contributed by atoms with Gasteiger partial charge in [0.2, 0.25) is 10.0 Å². The fourth-order valence-electron chi connectivity index (χ4n) is 2.98. The molecule has 1 fully saturated rings. The van der Waals surface area contributed by atoms with Crippen molar-refractivity contribution < 1.29 is 18.3 Å². The van der Waals surface area contributed by atoms with Crippen LogP contribution in [0.3, 0.4) is 0 Å². The predicted octanol–water partition coefficient (Wildman–Crippen LogP) is 2.44. The Bertz CT molecular complexity index is 641. The third-order valence-corrected chi connectivity index (χ3v) is 6.26. The van der Waals surface area contributed by atoms with Crippen molar-refractivity contribution in [2.75, 3.05) is 6.54 Å². The third kappa shape index (κ3) is 2.96. The standard InChI is InChI=1S/C15H21NO4S/c1-10-8-11(2)12(3)16(9-10)21(19,20)14-7-5-4-6-13(14)15(17)18/h4-7,10-12H,8-9H2,1-3H3,(H,17,18). The molecule has 0 aromatic heterocycles. The molecule has 0 bridgehead atoms. The summed E-state index contributed by atoms with van der Waals surface area (Å²) in [5.41, 5.74) is -0.171. The molecule has 1 heterocycles. The van der Waals surface area contributed by atoms with Gasteiger partial charge in [0.05, 0.1) is 10.5 Å². The van der Waals surface area contributed by atoms with Gasteiger partial charge in [-0.25, -0.2) is 13.2 Å². The lowest BCUT2D eigenvalue weighted by atomic mass is 9.88. The summed E-state index contributed by atoms with van der Waals surface area (Å²) in [5.74, 6) is -0.705. The number of nitrogens with zero attached hydrogens (tertiary/aromatic N) is 1. The van der Waals surface area contributed by atoms with Gasteiger partial charge in [-0.3, -0.25) is 0 Å². The molecule has 3 unspecified atom stereocenters. The van der Waals surface area contributed by atoms with Crippen LogP contribution in [0.25, 0.3) is 0 Å². The summed E-state index contributed by atoms with van der Waals surface area (Å²) < 4.78 is 27.2. The first-order chi connectivity index (χ1) is 9.75. The molecule has 1 saturated heterocycles. The van der Waals surface area contributed by atoms with Gasteiger partial charge in [-0.05, 0) is 37.3 Å². The van der Waals surface area contributed by atoms with Gasteiger partial charge in [0.25, 0.3) is 0 Å². The van der Waals surface area contributed by atoms with Crippen molar-refractivity contribution in [3.05, 3.63) is 29.8 Å². The van der Waals surface area contributed by atoms with Crippen molar-refractivity contribution in [1.82, 2.24) is 4.31 Å². The molecule has 0 aliphatic carbocycles. The van der Waals surface area contributed by atoms with E-state index in [0.717, 1.165) is 6.42 Å². The number of carbonyl (C=O) groups is 1. The summed E-state index contributed by atoms with van der Waals surface area (Å²) in [4.78, 5) is 11.2. The first-order valence-corrected chi connectivity index (χ1v) is 8.53. The second-order valence-corrected chi connectivity index (χ2v) is 7.79. The van der Waals surface area contributed by atoms with Gasteiger partial charge in [0, 0.05) is 12.6 Å². The van der Waals surface area contributed by atoms with Crippen molar-refractivity contribution >= 4 is 16.0 Å². The highest BCUT2D eigenvalue weighted by atomic mass is 32.2. The van der Waals surface area contributed by atoms with Crippen LogP contribution in [0.1, 0.15) is 37.6 Å². The maximum Gasteiger partial charge on any atom is 0.337 e. The van der Waals surface area contributed by atoms with Crippen molar-refractivity contribution in [3.8, 4) is 0 Å².